The summed E-state index contributed by atoms with van der Waals surface area (Å²) in [5.74, 6) is -0.0181. The number of nitrogen functional groups attached to an aromatic ring is 1. The smallest absolute Gasteiger partial charge is 0.195 e. The van der Waals surface area contributed by atoms with E-state index in [1.54, 1.807) is 6.07 Å². The summed E-state index contributed by atoms with van der Waals surface area (Å²) in [4.78, 5) is 12.9. The maximum Gasteiger partial charge on any atom is 0.195 e. The van der Waals surface area contributed by atoms with Gasteiger partial charge in [0.25, 0.3) is 0 Å². The summed E-state index contributed by atoms with van der Waals surface area (Å²) < 4.78 is 2.08. The highest BCUT2D eigenvalue weighted by Crippen LogP contribution is 2.24. The number of aromatic nitrogens is 1. The van der Waals surface area contributed by atoms with Crippen molar-refractivity contribution in [1.82, 2.24) is 4.57 Å². The molecular weight excluding hydrogens is 272 g/mol. The zero-order chi connectivity index (χ0) is 15.7. The number of ketones is 1. The minimum atomic E-state index is -0.0181. The quantitative estimate of drug-likeness (QED) is 0.587. The van der Waals surface area contributed by atoms with Crippen LogP contribution in [0.5, 0.6) is 0 Å². The Hall–Kier alpha value is -2.81. The van der Waals surface area contributed by atoms with Crippen molar-refractivity contribution in [3.05, 3.63) is 83.2 Å². The molecule has 22 heavy (non-hydrogen) atoms. The Morgan fingerprint density at radius 2 is 1.55 bits per heavy atom. The molecule has 1 heterocycles. The average Bonchev–Trinajstić information content (AvgIpc) is 2.86. The SMILES string of the molecule is Cc1ccc(C)n1-c1ccc(N)cc1C(=O)c1ccccc1. The molecule has 0 unspecified atom stereocenters. The molecule has 0 saturated heterocycles. The molecule has 3 aromatic rings. The molecule has 0 radical (unpaired) electrons. The van der Waals surface area contributed by atoms with Crippen molar-refractivity contribution in [2.24, 2.45) is 0 Å². The number of anilines is 1. The summed E-state index contributed by atoms with van der Waals surface area (Å²) in [7, 11) is 0. The lowest BCUT2D eigenvalue weighted by atomic mass is 10.0. The van der Waals surface area contributed by atoms with Crippen LogP contribution < -0.4 is 5.73 Å². The number of hydrogen-bond acceptors (Lipinski definition) is 2. The van der Waals surface area contributed by atoms with E-state index in [-0.39, 0.29) is 5.78 Å². The molecule has 2 aromatic carbocycles. The van der Waals surface area contributed by atoms with Crippen LogP contribution >= 0.6 is 0 Å². The molecule has 0 saturated carbocycles. The van der Waals surface area contributed by atoms with Gasteiger partial charge in [0.15, 0.2) is 5.78 Å². The first kappa shape index (κ1) is 14.1. The lowest BCUT2D eigenvalue weighted by molar-refractivity contribution is 0.103. The third-order valence-corrected chi connectivity index (χ3v) is 3.81. The van der Waals surface area contributed by atoms with E-state index in [1.165, 1.54) is 0 Å². The Kier molecular flexibility index (Phi) is 3.55. The van der Waals surface area contributed by atoms with E-state index in [1.807, 2.05) is 68.4 Å². The predicted octanol–water partition coefficient (Wildman–Crippen LogP) is 3.91. The number of rotatable bonds is 3. The first-order valence-electron chi connectivity index (χ1n) is 7.22. The second-order valence-electron chi connectivity index (χ2n) is 5.42. The summed E-state index contributed by atoms with van der Waals surface area (Å²) >= 11 is 0. The van der Waals surface area contributed by atoms with Crippen molar-refractivity contribution in [3.8, 4) is 5.69 Å². The van der Waals surface area contributed by atoms with Gasteiger partial charge in [0.2, 0.25) is 0 Å². The van der Waals surface area contributed by atoms with E-state index in [9.17, 15) is 4.79 Å². The summed E-state index contributed by atoms with van der Waals surface area (Å²) in [5.41, 5.74) is 10.8. The van der Waals surface area contributed by atoms with Crippen molar-refractivity contribution in [2.45, 2.75) is 13.8 Å². The van der Waals surface area contributed by atoms with Gasteiger partial charge in [0.05, 0.1) is 5.69 Å². The molecule has 3 heteroatoms. The number of aryl methyl sites for hydroxylation is 2. The molecule has 0 aliphatic rings. The maximum atomic E-state index is 12.9. The second-order valence-corrected chi connectivity index (χ2v) is 5.42. The van der Waals surface area contributed by atoms with Gasteiger partial charge in [-0.25, -0.2) is 0 Å². The number of nitrogens with zero attached hydrogens (tertiary/aromatic N) is 1. The third kappa shape index (κ3) is 2.42. The largest absolute Gasteiger partial charge is 0.399 e. The van der Waals surface area contributed by atoms with Crippen LogP contribution in [0.4, 0.5) is 5.69 Å². The molecule has 0 aliphatic carbocycles. The first-order chi connectivity index (χ1) is 10.6. The van der Waals surface area contributed by atoms with Crippen LogP contribution in [0.3, 0.4) is 0 Å². The fourth-order valence-electron chi connectivity index (χ4n) is 2.72. The molecule has 0 fully saturated rings. The highest BCUT2D eigenvalue weighted by Gasteiger charge is 2.17. The molecule has 0 aliphatic heterocycles. The summed E-state index contributed by atoms with van der Waals surface area (Å²) in [6.07, 6.45) is 0. The normalized spacial score (nSPS) is 10.6. The van der Waals surface area contributed by atoms with Crippen molar-refractivity contribution >= 4 is 11.5 Å². The van der Waals surface area contributed by atoms with Gasteiger partial charge in [-0.15, -0.1) is 0 Å². The molecule has 1 aromatic heterocycles. The molecule has 0 bridgehead atoms. The molecule has 110 valence electrons. The van der Waals surface area contributed by atoms with E-state index < -0.39 is 0 Å². The predicted molar refractivity (Wildman–Crippen MR) is 89.5 cm³/mol. The van der Waals surface area contributed by atoms with Crippen LogP contribution in [0.15, 0.2) is 60.7 Å². The average molecular weight is 290 g/mol. The Morgan fingerprint density at radius 1 is 0.909 bits per heavy atom. The van der Waals surface area contributed by atoms with Gasteiger partial charge in [0, 0.05) is 28.2 Å². The van der Waals surface area contributed by atoms with Gasteiger partial charge in [-0.3, -0.25) is 4.79 Å². The van der Waals surface area contributed by atoms with E-state index in [0.29, 0.717) is 16.8 Å². The third-order valence-electron chi connectivity index (χ3n) is 3.81. The highest BCUT2D eigenvalue weighted by molar-refractivity contribution is 6.11. The number of nitrogens with two attached hydrogens (primary N) is 1. The lowest BCUT2D eigenvalue weighted by Crippen LogP contribution is -2.10. The van der Waals surface area contributed by atoms with Crippen LogP contribution in [0.25, 0.3) is 5.69 Å². The lowest BCUT2D eigenvalue weighted by Gasteiger charge is -2.15. The Bertz CT molecular complexity index is 812. The van der Waals surface area contributed by atoms with Gasteiger partial charge in [-0.1, -0.05) is 30.3 Å². The van der Waals surface area contributed by atoms with E-state index in [2.05, 4.69) is 4.57 Å². The summed E-state index contributed by atoms with van der Waals surface area (Å²) in [6.45, 7) is 4.06. The molecule has 0 amide bonds. The van der Waals surface area contributed by atoms with Gasteiger partial charge in [0.1, 0.15) is 0 Å². The van der Waals surface area contributed by atoms with Crippen molar-refractivity contribution in [2.75, 3.05) is 5.73 Å². The van der Waals surface area contributed by atoms with Crippen LogP contribution in [-0.2, 0) is 0 Å². The second kappa shape index (κ2) is 5.53. The maximum absolute atomic E-state index is 12.9. The Balaban J connectivity index is 2.20. The van der Waals surface area contributed by atoms with Crippen LogP contribution in [0, 0.1) is 13.8 Å². The molecule has 3 rings (SSSR count). The van der Waals surface area contributed by atoms with Crippen molar-refractivity contribution in [1.29, 1.82) is 0 Å². The zero-order valence-electron chi connectivity index (χ0n) is 12.7. The van der Waals surface area contributed by atoms with E-state index >= 15 is 0 Å². The molecule has 0 atom stereocenters. The minimum Gasteiger partial charge on any atom is -0.399 e. The fraction of sp³-hybridized carbons (Fsp3) is 0.105. The van der Waals surface area contributed by atoms with Crippen LogP contribution in [0.1, 0.15) is 27.3 Å². The van der Waals surface area contributed by atoms with Gasteiger partial charge >= 0.3 is 0 Å². The fourth-order valence-corrected chi connectivity index (χ4v) is 2.72. The standard InChI is InChI=1S/C19H18N2O/c1-13-8-9-14(2)21(13)18-11-10-16(20)12-17(18)19(22)15-6-4-3-5-7-15/h3-12H,20H2,1-2H3. The summed E-state index contributed by atoms with van der Waals surface area (Å²) in [5, 5.41) is 0. The van der Waals surface area contributed by atoms with Crippen molar-refractivity contribution in [3.63, 3.8) is 0 Å². The van der Waals surface area contributed by atoms with Crippen LogP contribution in [0.2, 0.25) is 0 Å². The minimum absolute atomic E-state index is 0.0181. The van der Waals surface area contributed by atoms with Crippen molar-refractivity contribution < 1.29 is 4.79 Å². The van der Waals surface area contributed by atoms with Gasteiger partial charge < -0.3 is 10.3 Å². The number of benzene rings is 2. The van der Waals surface area contributed by atoms with Gasteiger partial charge in [-0.2, -0.15) is 0 Å². The topological polar surface area (TPSA) is 48.0 Å². The van der Waals surface area contributed by atoms with Gasteiger partial charge in [-0.05, 0) is 44.2 Å². The Morgan fingerprint density at radius 3 is 2.18 bits per heavy atom. The highest BCUT2D eigenvalue weighted by atomic mass is 16.1. The molecule has 0 spiro atoms. The molecule has 2 N–H and O–H groups in total. The monoisotopic (exact) mass is 290 g/mol. The number of carbonyl (C=O) groups is 1. The van der Waals surface area contributed by atoms with E-state index in [4.69, 9.17) is 5.73 Å². The number of hydrogen-bond donors (Lipinski definition) is 1. The zero-order valence-corrected chi connectivity index (χ0v) is 12.7. The molecule has 3 nitrogen and oxygen atoms in total. The number of carbonyl (C=O) groups excluding carboxylic acids is 1. The Labute approximate surface area is 130 Å². The molecular formula is C19H18N2O. The van der Waals surface area contributed by atoms with E-state index in [0.717, 1.165) is 17.1 Å². The van der Waals surface area contributed by atoms with Crippen LogP contribution in [-0.4, -0.2) is 10.4 Å². The first-order valence-corrected chi connectivity index (χ1v) is 7.22. The summed E-state index contributed by atoms with van der Waals surface area (Å²) in [6, 6.07) is 18.9.